The SMILES string of the molecule is CCN(CCOc1ccc(C(C)C)cc1)C(=O)OC(C)(C)C. The smallest absolute Gasteiger partial charge is 0.410 e. The molecule has 0 aliphatic carbocycles. The van der Waals surface area contributed by atoms with Crippen molar-refractivity contribution in [1.82, 2.24) is 4.90 Å². The van der Waals surface area contributed by atoms with Crippen LogP contribution in [0.15, 0.2) is 24.3 Å². The van der Waals surface area contributed by atoms with E-state index in [1.165, 1.54) is 5.56 Å². The molecule has 1 rings (SSSR count). The largest absolute Gasteiger partial charge is 0.492 e. The summed E-state index contributed by atoms with van der Waals surface area (Å²) in [5, 5.41) is 0. The van der Waals surface area contributed by atoms with Gasteiger partial charge in [-0.15, -0.1) is 0 Å². The first-order valence-corrected chi connectivity index (χ1v) is 7.93. The zero-order valence-corrected chi connectivity index (χ0v) is 14.7. The lowest BCUT2D eigenvalue weighted by atomic mass is 10.0. The number of likely N-dealkylation sites (N-methyl/N-ethyl adjacent to an activating group) is 1. The van der Waals surface area contributed by atoms with Gasteiger partial charge in [0.25, 0.3) is 0 Å². The molecule has 0 radical (unpaired) electrons. The van der Waals surface area contributed by atoms with Crippen LogP contribution in [0.25, 0.3) is 0 Å². The van der Waals surface area contributed by atoms with Gasteiger partial charge in [-0.05, 0) is 51.3 Å². The van der Waals surface area contributed by atoms with E-state index in [9.17, 15) is 4.79 Å². The molecule has 124 valence electrons. The van der Waals surface area contributed by atoms with E-state index in [4.69, 9.17) is 9.47 Å². The second kappa shape index (κ2) is 8.06. The zero-order chi connectivity index (χ0) is 16.8. The molecule has 4 heteroatoms. The van der Waals surface area contributed by atoms with Crippen LogP contribution in [-0.4, -0.2) is 36.3 Å². The molecule has 0 aliphatic rings. The van der Waals surface area contributed by atoms with Crippen LogP contribution in [0.3, 0.4) is 0 Å². The van der Waals surface area contributed by atoms with Crippen molar-refractivity contribution >= 4 is 6.09 Å². The maximum Gasteiger partial charge on any atom is 0.410 e. The zero-order valence-electron chi connectivity index (χ0n) is 14.7. The Hall–Kier alpha value is -1.71. The summed E-state index contributed by atoms with van der Waals surface area (Å²) >= 11 is 0. The Labute approximate surface area is 134 Å². The molecule has 0 bridgehead atoms. The van der Waals surface area contributed by atoms with Crippen LogP contribution in [-0.2, 0) is 4.74 Å². The Morgan fingerprint density at radius 1 is 1.18 bits per heavy atom. The van der Waals surface area contributed by atoms with Gasteiger partial charge in [-0.1, -0.05) is 26.0 Å². The van der Waals surface area contributed by atoms with Crippen LogP contribution in [0.5, 0.6) is 5.75 Å². The summed E-state index contributed by atoms with van der Waals surface area (Å²) in [4.78, 5) is 13.6. The Morgan fingerprint density at radius 3 is 2.23 bits per heavy atom. The van der Waals surface area contributed by atoms with Crippen molar-refractivity contribution in [3.63, 3.8) is 0 Å². The fourth-order valence-corrected chi connectivity index (χ4v) is 1.93. The van der Waals surface area contributed by atoms with Crippen LogP contribution < -0.4 is 4.74 Å². The molecule has 0 aromatic heterocycles. The topological polar surface area (TPSA) is 38.8 Å². The molecule has 0 fully saturated rings. The van der Waals surface area contributed by atoms with E-state index in [2.05, 4.69) is 26.0 Å². The van der Waals surface area contributed by atoms with Crippen LogP contribution >= 0.6 is 0 Å². The van der Waals surface area contributed by atoms with Crippen molar-refractivity contribution < 1.29 is 14.3 Å². The van der Waals surface area contributed by atoms with Gasteiger partial charge in [-0.25, -0.2) is 4.79 Å². The monoisotopic (exact) mass is 307 g/mol. The summed E-state index contributed by atoms with van der Waals surface area (Å²) in [7, 11) is 0. The van der Waals surface area contributed by atoms with E-state index < -0.39 is 5.60 Å². The fraction of sp³-hybridized carbons (Fsp3) is 0.611. The molecule has 0 atom stereocenters. The molecule has 0 N–H and O–H groups in total. The van der Waals surface area contributed by atoms with Crippen molar-refractivity contribution in [3.05, 3.63) is 29.8 Å². The lowest BCUT2D eigenvalue weighted by Crippen LogP contribution is -2.38. The van der Waals surface area contributed by atoms with E-state index >= 15 is 0 Å². The van der Waals surface area contributed by atoms with E-state index in [1.807, 2.05) is 39.8 Å². The third-order valence-corrected chi connectivity index (χ3v) is 3.21. The summed E-state index contributed by atoms with van der Waals surface area (Å²) in [5.74, 6) is 1.33. The summed E-state index contributed by atoms with van der Waals surface area (Å²) in [5.41, 5.74) is 0.814. The summed E-state index contributed by atoms with van der Waals surface area (Å²) in [6.07, 6.45) is -0.297. The summed E-state index contributed by atoms with van der Waals surface area (Å²) < 4.78 is 11.1. The van der Waals surface area contributed by atoms with Crippen molar-refractivity contribution in [1.29, 1.82) is 0 Å². The number of rotatable bonds is 6. The number of hydrogen-bond donors (Lipinski definition) is 0. The van der Waals surface area contributed by atoms with Gasteiger partial charge < -0.3 is 14.4 Å². The van der Waals surface area contributed by atoms with Gasteiger partial charge in [0, 0.05) is 6.54 Å². The highest BCUT2D eigenvalue weighted by Gasteiger charge is 2.20. The van der Waals surface area contributed by atoms with Gasteiger partial charge in [0.1, 0.15) is 18.0 Å². The van der Waals surface area contributed by atoms with Gasteiger partial charge in [0.05, 0.1) is 6.54 Å². The van der Waals surface area contributed by atoms with Crippen molar-refractivity contribution in [2.24, 2.45) is 0 Å². The van der Waals surface area contributed by atoms with Crippen molar-refractivity contribution in [2.75, 3.05) is 19.7 Å². The number of amides is 1. The average molecular weight is 307 g/mol. The number of benzene rings is 1. The summed E-state index contributed by atoms with van der Waals surface area (Å²) in [6.45, 7) is 13.4. The van der Waals surface area contributed by atoms with Gasteiger partial charge in [0.15, 0.2) is 0 Å². The number of carbonyl (C=O) groups excluding carboxylic acids is 1. The van der Waals surface area contributed by atoms with Crippen LogP contribution in [0, 0.1) is 0 Å². The van der Waals surface area contributed by atoms with Gasteiger partial charge in [-0.2, -0.15) is 0 Å². The van der Waals surface area contributed by atoms with E-state index in [0.29, 0.717) is 25.6 Å². The molecule has 4 nitrogen and oxygen atoms in total. The maximum absolute atomic E-state index is 12.0. The molecule has 0 unspecified atom stereocenters. The van der Waals surface area contributed by atoms with E-state index in [-0.39, 0.29) is 6.09 Å². The van der Waals surface area contributed by atoms with Gasteiger partial charge in [-0.3, -0.25) is 0 Å². The predicted octanol–water partition coefficient (Wildman–Crippen LogP) is 4.45. The predicted molar refractivity (Wildman–Crippen MR) is 89.5 cm³/mol. The number of ether oxygens (including phenoxy) is 2. The minimum Gasteiger partial charge on any atom is -0.492 e. The molecule has 1 aromatic rings. The first-order valence-electron chi connectivity index (χ1n) is 7.93. The highest BCUT2D eigenvalue weighted by Crippen LogP contribution is 2.18. The fourth-order valence-electron chi connectivity index (χ4n) is 1.93. The van der Waals surface area contributed by atoms with E-state index in [1.54, 1.807) is 4.90 Å². The first kappa shape index (κ1) is 18.3. The maximum atomic E-state index is 12.0. The standard InChI is InChI=1S/C18H29NO3/c1-7-19(17(20)22-18(4,5)6)12-13-21-16-10-8-15(9-11-16)14(2)3/h8-11,14H,7,12-13H2,1-6H3. The number of carbonyl (C=O) groups is 1. The molecular formula is C18H29NO3. The lowest BCUT2D eigenvalue weighted by Gasteiger charge is -2.26. The third kappa shape index (κ3) is 6.37. The minimum atomic E-state index is -0.474. The van der Waals surface area contributed by atoms with Crippen molar-refractivity contribution in [3.8, 4) is 5.75 Å². The minimum absolute atomic E-state index is 0.297. The second-order valence-corrected chi connectivity index (χ2v) is 6.63. The molecule has 0 aliphatic heterocycles. The highest BCUT2D eigenvalue weighted by atomic mass is 16.6. The molecule has 1 amide bonds. The molecule has 0 saturated heterocycles. The number of nitrogens with zero attached hydrogens (tertiary/aromatic N) is 1. The lowest BCUT2D eigenvalue weighted by molar-refractivity contribution is 0.0237. The van der Waals surface area contributed by atoms with Gasteiger partial charge in [0.2, 0.25) is 0 Å². The Morgan fingerprint density at radius 2 is 1.77 bits per heavy atom. The Bertz CT molecular complexity index is 460. The van der Waals surface area contributed by atoms with Crippen LogP contribution in [0.1, 0.15) is 53.0 Å². The first-order chi connectivity index (χ1) is 10.2. The van der Waals surface area contributed by atoms with Crippen molar-refractivity contribution in [2.45, 2.75) is 53.1 Å². The molecular weight excluding hydrogens is 278 g/mol. The van der Waals surface area contributed by atoms with Gasteiger partial charge >= 0.3 is 6.09 Å². The number of hydrogen-bond acceptors (Lipinski definition) is 3. The van der Waals surface area contributed by atoms with Crippen LogP contribution in [0.2, 0.25) is 0 Å². The molecule has 0 saturated carbocycles. The molecule has 1 aromatic carbocycles. The molecule has 0 spiro atoms. The third-order valence-electron chi connectivity index (χ3n) is 3.21. The second-order valence-electron chi connectivity index (χ2n) is 6.63. The molecule has 22 heavy (non-hydrogen) atoms. The summed E-state index contributed by atoms with van der Waals surface area (Å²) in [6, 6.07) is 8.09. The quantitative estimate of drug-likeness (QED) is 0.779. The average Bonchev–Trinajstić information content (AvgIpc) is 2.42. The normalized spacial score (nSPS) is 11.4. The highest BCUT2D eigenvalue weighted by molar-refractivity contribution is 5.68. The Kier molecular flexibility index (Phi) is 6.72. The Balaban J connectivity index is 2.45. The molecule has 0 heterocycles. The van der Waals surface area contributed by atoms with E-state index in [0.717, 1.165) is 5.75 Å². The van der Waals surface area contributed by atoms with Crippen LogP contribution in [0.4, 0.5) is 4.79 Å².